The van der Waals surface area contributed by atoms with Gasteiger partial charge >= 0.3 is 0 Å². The molecule has 2 aromatic rings. The molecule has 0 amide bonds. The van der Waals surface area contributed by atoms with E-state index >= 15 is 0 Å². The van der Waals surface area contributed by atoms with E-state index in [9.17, 15) is 0 Å². The van der Waals surface area contributed by atoms with E-state index in [1.807, 2.05) is 24.3 Å². The molecule has 0 aliphatic carbocycles. The predicted octanol–water partition coefficient (Wildman–Crippen LogP) is 6.05. The molecule has 2 aromatic carbocycles. The standard InChI is InChI=1S/C16H15Cl3O/c17-13-9-7-12(8-10-13)4-1-2-11-20-16-14(18)5-3-6-15(16)19/h3,5-10H,1-2,4,11H2. The van der Waals surface area contributed by atoms with Crippen LogP contribution in [-0.2, 0) is 6.42 Å². The second kappa shape index (κ2) is 7.78. The summed E-state index contributed by atoms with van der Waals surface area (Å²) in [5, 5.41) is 1.87. The van der Waals surface area contributed by atoms with Crippen molar-refractivity contribution in [3.05, 3.63) is 63.1 Å². The first-order chi connectivity index (χ1) is 9.66. The van der Waals surface area contributed by atoms with Gasteiger partial charge in [-0.05, 0) is 49.1 Å². The first kappa shape index (κ1) is 15.5. The third-order valence-electron chi connectivity index (χ3n) is 2.94. The van der Waals surface area contributed by atoms with Gasteiger partial charge in [-0.2, -0.15) is 0 Å². The number of hydrogen-bond acceptors (Lipinski definition) is 1. The van der Waals surface area contributed by atoms with Crippen LogP contribution in [0.1, 0.15) is 18.4 Å². The van der Waals surface area contributed by atoms with Crippen LogP contribution in [0.4, 0.5) is 0 Å². The van der Waals surface area contributed by atoms with E-state index in [-0.39, 0.29) is 0 Å². The molecule has 0 aliphatic rings. The van der Waals surface area contributed by atoms with Crippen LogP contribution >= 0.6 is 34.8 Å². The Bertz CT molecular complexity index is 532. The molecular weight excluding hydrogens is 315 g/mol. The topological polar surface area (TPSA) is 9.23 Å². The molecule has 20 heavy (non-hydrogen) atoms. The van der Waals surface area contributed by atoms with E-state index in [4.69, 9.17) is 39.5 Å². The Kier molecular flexibility index (Phi) is 6.03. The summed E-state index contributed by atoms with van der Waals surface area (Å²) in [6.07, 6.45) is 3.00. The summed E-state index contributed by atoms with van der Waals surface area (Å²) < 4.78 is 5.64. The van der Waals surface area contributed by atoms with Crippen LogP contribution in [0.3, 0.4) is 0 Å². The molecule has 2 rings (SSSR count). The third-order valence-corrected chi connectivity index (χ3v) is 3.79. The van der Waals surface area contributed by atoms with Gasteiger partial charge in [0, 0.05) is 5.02 Å². The Hall–Kier alpha value is -0.890. The van der Waals surface area contributed by atoms with Crippen LogP contribution in [0.25, 0.3) is 0 Å². The van der Waals surface area contributed by atoms with Crippen LogP contribution in [0, 0.1) is 0 Å². The van der Waals surface area contributed by atoms with Gasteiger partial charge < -0.3 is 4.74 Å². The third kappa shape index (κ3) is 4.59. The number of hydrogen-bond donors (Lipinski definition) is 0. The first-order valence-electron chi connectivity index (χ1n) is 6.48. The zero-order valence-corrected chi connectivity index (χ0v) is 13.2. The van der Waals surface area contributed by atoms with Crippen molar-refractivity contribution in [2.24, 2.45) is 0 Å². The van der Waals surface area contributed by atoms with Crippen LogP contribution in [0.15, 0.2) is 42.5 Å². The largest absolute Gasteiger partial charge is 0.490 e. The summed E-state index contributed by atoms with van der Waals surface area (Å²) in [5.41, 5.74) is 1.28. The molecule has 0 heterocycles. The number of ether oxygens (including phenoxy) is 1. The molecule has 1 nitrogen and oxygen atoms in total. The molecule has 0 saturated heterocycles. The molecule has 0 aromatic heterocycles. The average molecular weight is 330 g/mol. The van der Waals surface area contributed by atoms with Crippen LogP contribution in [-0.4, -0.2) is 6.61 Å². The van der Waals surface area contributed by atoms with Gasteiger partial charge in [-0.15, -0.1) is 0 Å². The van der Waals surface area contributed by atoms with Crippen molar-refractivity contribution in [3.8, 4) is 5.75 Å². The molecule has 0 unspecified atom stereocenters. The van der Waals surface area contributed by atoms with Gasteiger partial charge in [0.15, 0.2) is 5.75 Å². The van der Waals surface area contributed by atoms with Crippen LogP contribution < -0.4 is 4.74 Å². The maximum absolute atomic E-state index is 6.03. The van der Waals surface area contributed by atoms with Gasteiger partial charge in [0.2, 0.25) is 0 Å². The number of rotatable bonds is 6. The number of unbranched alkanes of at least 4 members (excludes halogenated alkanes) is 1. The molecule has 0 spiro atoms. The monoisotopic (exact) mass is 328 g/mol. The van der Waals surface area contributed by atoms with E-state index in [0.717, 1.165) is 24.3 Å². The second-order valence-electron chi connectivity index (χ2n) is 4.48. The second-order valence-corrected chi connectivity index (χ2v) is 5.73. The molecule has 0 atom stereocenters. The van der Waals surface area contributed by atoms with Crippen molar-refractivity contribution >= 4 is 34.8 Å². The Morgan fingerprint density at radius 1 is 0.800 bits per heavy atom. The minimum Gasteiger partial charge on any atom is -0.490 e. The lowest BCUT2D eigenvalue weighted by molar-refractivity contribution is 0.307. The van der Waals surface area contributed by atoms with Gasteiger partial charge in [0.25, 0.3) is 0 Å². The van der Waals surface area contributed by atoms with E-state index < -0.39 is 0 Å². The van der Waals surface area contributed by atoms with E-state index in [1.54, 1.807) is 18.2 Å². The number of aryl methyl sites for hydroxylation is 1. The fourth-order valence-electron chi connectivity index (χ4n) is 1.88. The molecule has 4 heteroatoms. The highest BCUT2D eigenvalue weighted by Crippen LogP contribution is 2.32. The average Bonchev–Trinajstić information content (AvgIpc) is 2.43. The molecule has 0 aliphatic heterocycles. The number of halogens is 3. The number of benzene rings is 2. The van der Waals surface area contributed by atoms with Crippen LogP contribution in [0.5, 0.6) is 5.75 Å². The first-order valence-corrected chi connectivity index (χ1v) is 7.61. The lowest BCUT2D eigenvalue weighted by Gasteiger charge is -2.09. The molecule has 0 bridgehead atoms. The van der Waals surface area contributed by atoms with Crippen molar-refractivity contribution in [2.75, 3.05) is 6.61 Å². The zero-order valence-electron chi connectivity index (χ0n) is 10.9. The van der Waals surface area contributed by atoms with Crippen molar-refractivity contribution < 1.29 is 4.74 Å². The maximum Gasteiger partial charge on any atom is 0.156 e. The van der Waals surface area contributed by atoms with Gasteiger partial charge in [0.05, 0.1) is 16.7 Å². The van der Waals surface area contributed by atoms with Crippen molar-refractivity contribution in [3.63, 3.8) is 0 Å². The Morgan fingerprint density at radius 3 is 2.10 bits per heavy atom. The van der Waals surface area contributed by atoms with E-state index in [1.165, 1.54) is 5.56 Å². The van der Waals surface area contributed by atoms with Gasteiger partial charge in [-0.3, -0.25) is 0 Å². The highest BCUT2D eigenvalue weighted by Gasteiger charge is 2.05. The highest BCUT2D eigenvalue weighted by molar-refractivity contribution is 6.37. The molecule has 0 radical (unpaired) electrons. The fraction of sp³-hybridized carbons (Fsp3) is 0.250. The smallest absolute Gasteiger partial charge is 0.156 e. The summed E-state index contributed by atoms with van der Waals surface area (Å²) in [6.45, 7) is 0.608. The molecule has 0 fully saturated rings. The Morgan fingerprint density at radius 2 is 1.45 bits per heavy atom. The molecule has 0 N–H and O–H groups in total. The van der Waals surface area contributed by atoms with E-state index in [0.29, 0.717) is 22.4 Å². The van der Waals surface area contributed by atoms with Crippen molar-refractivity contribution in [2.45, 2.75) is 19.3 Å². The van der Waals surface area contributed by atoms with Crippen molar-refractivity contribution in [1.29, 1.82) is 0 Å². The van der Waals surface area contributed by atoms with Gasteiger partial charge in [-0.1, -0.05) is 53.0 Å². The van der Waals surface area contributed by atoms with Gasteiger partial charge in [0.1, 0.15) is 0 Å². The van der Waals surface area contributed by atoms with E-state index in [2.05, 4.69) is 0 Å². The zero-order chi connectivity index (χ0) is 14.4. The SMILES string of the molecule is Clc1ccc(CCCCOc2c(Cl)cccc2Cl)cc1. The summed E-state index contributed by atoms with van der Waals surface area (Å²) in [6, 6.07) is 13.3. The lowest BCUT2D eigenvalue weighted by Crippen LogP contribution is -1.99. The molecule has 106 valence electrons. The maximum atomic E-state index is 6.03. The van der Waals surface area contributed by atoms with Crippen molar-refractivity contribution in [1.82, 2.24) is 0 Å². The molecular formula is C16H15Cl3O. The minimum atomic E-state index is 0.551. The molecule has 0 saturated carbocycles. The summed E-state index contributed by atoms with van der Waals surface area (Å²) in [4.78, 5) is 0. The Balaban J connectivity index is 1.73. The highest BCUT2D eigenvalue weighted by atomic mass is 35.5. The van der Waals surface area contributed by atoms with Gasteiger partial charge in [-0.25, -0.2) is 0 Å². The Labute approximate surface area is 134 Å². The summed E-state index contributed by atoms with van der Waals surface area (Å²) in [7, 11) is 0. The normalized spacial score (nSPS) is 10.6. The quantitative estimate of drug-likeness (QED) is 0.586. The fourth-order valence-corrected chi connectivity index (χ4v) is 2.51. The lowest BCUT2D eigenvalue weighted by atomic mass is 10.1. The predicted molar refractivity (Wildman–Crippen MR) is 86.3 cm³/mol. The summed E-state index contributed by atoms with van der Waals surface area (Å²) >= 11 is 17.9. The summed E-state index contributed by atoms with van der Waals surface area (Å²) in [5.74, 6) is 0.572. The minimum absolute atomic E-state index is 0.551. The van der Waals surface area contributed by atoms with Crippen LogP contribution in [0.2, 0.25) is 15.1 Å². The number of para-hydroxylation sites is 1.